The number of anilines is 1. The summed E-state index contributed by atoms with van der Waals surface area (Å²) in [6.45, 7) is 0.727. The van der Waals surface area contributed by atoms with E-state index in [2.05, 4.69) is 0 Å². The number of carbonyl (C=O) groups is 1. The quantitative estimate of drug-likeness (QED) is 0.680. The summed E-state index contributed by atoms with van der Waals surface area (Å²) in [5.74, 6) is -0.613. The van der Waals surface area contributed by atoms with Crippen molar-refractivity contribution >= 4 is 11.6 Å². The van der Waals surface area contributed by atoms with Gasteiger partial charge in [0.15, 0.2) is 0 Å². The van der Waals surface area contributed by atoms with E-state index < -0.39 is 47.7 Å². The Morgan fingerprint density at radius 1 is 1.24 bits per heavy atom. The first-order chi connectivity index (χ1) is 13.5. The highest BCUT2D eigenvalue weighted by atomic mass is 19.4. The minimum atomic E-state index is -4.93. The SMILES string of the molecule is CCC(C(=O)N1CCOCC1)N(CC(F)(F)F)c1ccc(C#N)c(C(F)(F)F)c1. The maximum absolute atomic E-state index is 13.3. The van der Waals surface area contributed by atoms with Crippen molar-refractivity contribution in [1.29, 1.82) is 5.26 Å². The Morgan fingerprint density at radius 3 is 2.34 bits per heavy atom. The Bertz CT molecular complexity index is 766. The van der Waals surface area contributed by atoms with Crippen LogP contribution in [0.2, 0.25) is 0 Å². The van der Waals surface area contributed by atoms with Crippen LogP contribution in [0.3, 0.4) is 0 Å². The van der Waals surface area contributed by atoms with E-state index in [1.54, 1.807) is 0 Å². The number of halogens is 6. The van der Waals surface area contributed by atoms with E-state index >= 15 is 0 Å². The molecule has 1 fully saturated rings. The summed E-state index contributed by atoms with van der Waals surface area (Å²) in [7, 11) is 0. The van der Waals surface area contributed by atoms with Gasteiger partial charge in [0, 0.05) is 18.8 Å². The van der Waals surface area contributed by atoms with Crippen LogP contribution in [0.15, 0.2) is 18.2 Å². The van der Waals surface area contributed by atoms with Gasteiger partial charge in [0.25, 0.3) is 0 Å². The fraction of sp³-hybridized carbons (Fsp3) is 0.556. The Morgan fingerprint density at radius 2 is 1.86 bits per heavy atom. The molecule has 1 atom stereocenters. The lowest BCUT2D eigenvalue weighted by Gasteiger charge is -2.37. The average Bonchev–Trinajstić information content (AvgIpc) is 2.66. The predicted molar refractivity (Wildman–Crippen MR) is 91.0 cm³/mol. The van der Waals surface area contributed by atoms with Crippen molar-refractivity contribution in [1.82, 2.24) is 4.90 Å². The van der Waals surface area contributed by atoms with Crippen molar-refractivity contribution in [3.8, 4) is 6.07 Å². The highest BCUT2D eigenvalue weighted by Crippen LogP contribution is 2.36. The second kappa shape index (κ2) is 8.90. The van der Waals surface area contributed by atoms with E-state index in [9.17, 15) is 31.1 Å². The minimum absolute atomic E-state index is 0.0480. The van der Waals surface area contributed by atoms with Gasteiger partial charge in [-0.1, -0.05) is 6.92 Å². The number of alkyl halides is 6. The molecule has 1 aliphatic rings. The second-order valence-electron chi connectivity index (χ2n) is 6.44. The van der Waals surface area contributed by atoms with Gasteiger partial charge in [-0.25, -0.2) is 0 Å². The van der Waals surface area contributed by atoms with E-state index in [4.69, 9.17) is 10.00 Å². The van der Waals surface area contributed by atoms with Gasteiger partial charge in [0.2, 0.25) is 5.91 Å². The van der Waals surface area contributed by atoms with Crippen LogP contribution >= 0.6 is 0 Å². The zero-order valence-electron chi connectivity index (χ0n) is 15.5. The number of amides is 1. The molecule has 1 aliphatic heterocycles. The molecule has 2 rings (SSSR count). The van der Waals surface area contributed by atoms with Gasteiger partial charge >= 0.3 is 12.4 Å². The molecule has 1 unspecified atom stereocenters. The number of hydrogen-bond acceptors (Lipinski definition) is 4. The van der Waals surface area contributed by atoms with Gasteiger partial charge in [-0.2, -0.15) is 31.6 Å². The molecule has 0 aromatic heterocycles. The molecule has 1 amide bonds. The number of carbonyl (C=O) groups excluding carboxylic acids is 1. The first kappa shape index (κ1) is 22.8. The average molecular weight is 423 g/mol. The van der Waals surface area contributed by atoms with Gasteiger partial charge in [0.1, 0.15) is 12.6 Å². The lowest BCUT2D eigenvalue weighted by molar-refractivity contribution is -0.139. The minimum Gasteiger partial charge on any atom is -0.378 e. The van der Waals surface area contributed by atoms with Crippen molar-refractivity contribution in [3.63, 3.8) is 0 Å². The van der Waals surface area contributed by atoms with Crippen molar-refractivity contribution in [2.24, 2.45) is 0 Å². The molecule has 0 bridgehead atoms. The van der Waals surface area contributed by atoms with E-state index in [0.717, 1.165) is 12.1 Å². The van der Waals surface area contributed by atoms with E-state index in [-0.39, 0.29) is 32.7 Å². The standard InChI is InChI=1S/C18H19F6N3O2/c1-2-15(16(28)26-5-7-29-8-6-26)27(11-17(19,20)21)13-4-3-12(10-25)14(9-13)18(22,23)24/h3-4,9,15H,2,5-8,11H2,1H3. The van der Waals surface area contributed by atoms with Crippen LogP contribution in [0.4, 0.5) is 32.0 Å². The summed E-state index contributed by atoms with van der Waals surface area (Å²) in [6.07, 6.45) is -9.74. The first-order valence-electron chi connectivity index (χ1n) is 8.79. The fourth-order valence-corrected chi connectivity index (χ4v) is 3.14. The highest BCUT2D eigenvalue weighted by molar-refractivity contribution is 5.85. The van der Waals surface area contributed by atoms with E-state index in [1.807, 2.05) is 0 Å². The molecule has 1 aromatic rings. The maximum Gasteiger partial charge on any atom is 0.417 e. The Balaban J connectivity index is 2.49. The van der Waals surface area contributed by atoms with Gasteiger partial charge in [-0.15, -0.1) is 0 Å². The Hall–Kier alpha value is -2.48. The number of hydrogen-bond donors (Lipinski definition) is 0. The summed E-state index contributed by atoms with van der Waals surface area (Å²) in [5, 5.41) is 8.90. The lowest BCUT2D eigenvalue weighted by Crippen LogP contribution is -2.53. The summed E-state index contributed by atoms with van der Waals surface area (Å²) >= 11 is 0. The zero-order valence-corrected chi connectivity index (χ0v) is 15.5. The third-order valence-electron chi connectivity index (χ3n) is 4.48. The molecule has 160 valence electrons. The third kappa shape index (κ3) is 5.76. The molecule has 0 N–H and O–H groups in total. The van der Waals surface area contributed by atoms with Crippen LogP contribution in [0.5, 0.6) is 0 Å². The monoisotopic (exact) mass is 423 g/mol. The summed E-state index contributed by atoms with van der Waals surface area (Å²) in [6, 6.07) is 2.36. The lowest BCUT2D eigenvalue weighted by atomic mass is 10.0. The number of morpholine rings is 1. The van der Waals surface area contributed by atoms with E-state index in [1.165, 1.54) is 17.9 Å². The maximum atomic E-state index is 13.3. The molecule has 0 aliphatic carbocycles. The number of benzene rings is 1. The van der Waals surface area contributed by atoms with Crippen molar-refractivity contribution in [2.45, 2.75) is 31.7 Å². The normalized spacial score (nSPS) is 16.3. The number of ether oxygens (including phenoxy) is 1. The molecule has 0 spiro atoms. The Labute approximate surface area is 163 Å². The molecule has 11 heteroatoms. The van der Waals surface area contributed by atoms with Gasteiger partial charge in [0.05, 0.1) is 30.4 Å². The van der Waals surface area contributed by atoms with Crippen molar-refractivity contribution in [3.05, 3.63) is 29.3 Å². The van der Waals surface area contributed by atoms with Crippen molar-refractivity contribution in [2.75, 3.05) is 37.7 Å². The van der Waals surface area contributed by atoms with Crippen molar-refractivity contribution < 1.29 is 35.9 Å². The largest absolute Gasteiger partial charge is 0.417 e. The molecule has 0 radical (unpaired) electrons. The van der Waals surface area contributed by atoms with Crippen LogP contribution in [0, 0.1) is 11.3 Å². The predicted octanol–water partition coefficient (Wildman–Crippen LogP) is 3.58. The fourth-order valence-electron chi connectivity index (χ4n) is 3.14. The number of nitriles is 1. The van der Waals surface area contributed by atoms with Crippen LogP contribution in [-0.2, 0) is 15.7 Å². The molecule has 1 aromatic carbocycles. The Kier molecular flexibility index (Phi) is 7.00. The van der Waals surface area contributed by atoms with Gasteiger partial charge in [-0.05, 0) is 24.6 Å². The smallest absolute Gasteiger partial charge is 0.378 e. The molecular formula is C18H19F6N3O2. The summed E-state index contributed by atoms with van der Waals surface area (Å²) in [4.78, 5) is 14.8. The second-order valence-corrected chi connectivity index (χ2v) is 6.44. The topological polar surface area (TPSA) is 56.6 Å². The summed E-state index contributed by atoms with van der Waals surface area (Å²) in [5.41, 5.74) is -2.48. The molecule has 5 nitrogen and oxygen atoms in total. The van der Waals surface area contributed by atoms with Crippen LogP contribution in [0.25, 0.3) is 0 Å². The van der Waals surface area contributed by atoms with Crippen LogP contribution in [0.1, 0.15) is 24.5 Å². The number of nitrogens with zero attached hydrogens (tertiary/aromatic N) is 3. The zero-order chi connectivity index (χ0) is 21.8. The first-order valence-corrected chi connectivity index (χ1v) is 8.79. The van der Waals surface area contributed by atoms with Gasteiger partial charge in [-0.3, -0.25) is 4.79 Å². The number of rotatable bonds is 5. The third-order valence-corrected chi connectivity index (χ3v) is 4.48. The van der Waals surface area contributed by atoms with E-state index in [0.29, 0.717) is 11.0 Å². The molecule has 29 heavy (non-hydrogen) atoms. The van der Waals surface area contributed by atoms with Crippen LogP contribution < -0.4 is 4.90 Å². The summed E-state index contributed by atoms with van der Waals surface area (Å²) < 4.78 is 84.6. The molecular weight excluding hydrogens is 404 g/mol. The van der Waals surface area contributed by atoms with Gasteiger partial charge < -0.3 is 14.5 Å². The molecule has 1 saturated heterocycles. The molecule has 1 heterocycles. The molecule has 0 saturated carbocycles. The highest BCUT2D eigenvalue weighted by Gasteiger charge is 2.40. The van der Waals surface area contributed by atoms with Crippen LogP contribution in [-0.4, -0.2) is 55.9 Å².